The van der Waals surface area contributed by atoms with Crippen molar-refractivity contribution < 1.29 is 25.8 Å². The molecule has 174 valence electrons. The van der Waals surface area contributed by atoms with Gasteiger partial charge in [0.05, 0.1) is 0 Å². The van der Waals surface area contributed by atoms with Crippen LogP contribution in [-0.2, 0) is 10.1 Å². The zero-order valence-corrected chi connectivity index (χ0v) is 19.4. The summed E-state index contributed by atoms with van der Waals surface area (Å²) in [7, 11) is -5.72. The van der Waals surface area contributed by atoms with Crippen LogP contribution in [0.15, 0.2) is 91.0 Å². The summed E-state index contributed by atoms with van der Waals surface area (Å²) in [5, 5.41) is 0.441. The third-order valence-electron chi connectivity index (χ3n) is 5.23. The first-order chi connectivity index (χ1) is 16.0. The van der Waals surface area contributed by atoms with E-state index >= 15 is 0 Å². The first-order valence-corrected chi connectivity index (χ1v) is 11.9. The molecule has 0 aromatic heterocycles. The molecule has 8 heteroatoms. The lowest BCUT2D eigenvalue weighted by atomic mass is 9.97. The van der Waals surface area contributed by atoms with Gasteiger partial charge in [0.2, 0.25) is 0 Å². The molecule has 0 heterocycles. The minimum absolute atomic E-state index is 0.441. The molecule has 3 nitrogen and oxygen atoms in total. The molecule has 0 saturated carbocycles. The van der Waals surface area contributed by atoms with Crippen LogP contribution in [0.25, 0.3) is 33.4 Å². The van der Waals surface area contributed by atoms with Crippen LogP contribution in [0.5, 0.6) is 5.75 Å². The van der Waals surface area contributed by atoms with Crippen molar-refractivity contribution in [1.29, 1.82) is 0 Å². The maximum Gasteiger partial charge on any atom is 0.534 e. The summed E-state index contributed by atoms with van der Waals surface area (Å²) in [5.41, 5.74) is 1.05. The quantitative estimate of drug-likeness (QED) is 0.206. The highest BCUT2D eigenvalue weighted by Crippen LogP contribution is 2.34. The first-order valence-electron chi connectivity index (χ1n) is 10.1. The molecule has 0 amide bonds. The zero-order valence-electron chi connectivity index (χ0n) is 17.8. The Kier molecular flexibility index (Phi) is 6.43. The Morgan fingerprint density at radius 2 is 1.12 bits per heavy atom. The minimum Gasteiger partial charge on any atom is -0.376 e. The van der Waals surface area contributed by atoms with Crippen molar-refractivity contribution in [3.8, 4) is 39.1 Å². The van der Waals surface area contributed by atoms with E-state index in [1.807, 2.05) is 37.3 Å². The highest BCUT2D eigenvalue weighted by molar-refractivity contribution is 7.88. The predicted molar refractivity (Wildman–Crippen MR) is 128 cm³/mol. The third kappa shape index (κ3) is 5.11. The summed E-state index contributed by atoms with van der Waals surface area (Å²) in [5.74, 6) is -0.442. The molecule has 0 unspecified atom stereocenters. The van der Waals surface area contributed by atoms with Crippen LogP contribution in [0.3, 0.4) is 0 Å². The average Bonchev–Trinajstić information content (AvgIpc) is 2.79. The molecule has 0 N–H and O–H groups in total. The van der Waals surface area contributed by atoms with E-state index in [-0.39, 0.29) is 0 Å². The molecule has 0 atom stereocenters. The van der Waals surface area contributed by atoms with Crippen molar-refractivity contribution in [2.75, 3.05) is 0 Å². The third-order valence-corrected chi connectivity index (χ3v) is 6.52. The van der Waals surface area contributed by atoms with E-state index in [1.165, 1.54) is 17.7 Å². The lowest BCUT2D eigenvalue weighted by Crippen LogP contribution is -2.28. The first kappa shape index (κ1) is 23.9. The van der Waals surface area contributed by atoms with Gasteiger partial charge in [-0.2, -0.15) is 21.6 Å². The van der Waals surface area contributed by atoms with Gasteiger partial charge in [0.25, 0.3) is 0 Å². The van der Waals surface area contributed by atoms with Crippen molar-refractivity contribution in [1.82, 2.24) is 0 Å². The molecule has 34 heavy (non-hydrogen) atoms. The molecule has 0 fully saturated rings. The summed E-state index contributed by atoms with van der Waals surface area (Å²) < 4.78 is 63.9. The summed E-state index contributed by atoms with van der Waals surface area (Å²) in [6, 6.07) is 27.0. The van der Waals surface area contributed by atoms with Gasteiger partial charge >= 0.3 is 15.6 Å². The fourth-order valence-electron chi connectivity index (χ4n) is 3.39. The van der Waals surface area contributed by atoms with Gasteiger partial charge in [-0.15, -0.1) is 0 Å². The van der Waals surface area contributed by atoms with Gasteiger partial charge in [0.15, 0.2) is 0 Å². The molecule has 0 aliphatic rings. The molecule has 0 aliphatic heterocycles. The van der Waals surface area contributed by atoms with E-state index in [0.717, 1.165) is 34.4 Å². The van der Waals surface area contributed by atoms with Crippen LogP contribution in [0.2, 0.25) is 5.02 Å². The fourth-order valence-corrected chi connectivity index (χ4v) is 4.14. The van der Waals surface area contributed by atoms with Crippen molar-refractivity contribution in [3.63, 3.8) is 0 Å². The second-order valence-corrected chi connectivity index (χ2v) is 9.59. The van der Waals surface area contributed by atoms with Gasteiger partial charge in [0, 0.05) is 10.6 Å². The molecule has 4 rings (SSSR count). The molecule has 0 spiro atoms. The number of alkyl halides is 3. The molecule has 4 aromatic carbocycles. The Balaban J connectivity index is 1.54. The summed E-state index contributed by atoms with van der Waals surface area (Å²) in [4.78, 5) is 0. The van der Waals surface area contributed by atoms with E-state index in [9.17, 15) is 21.6 Å². The maximum atomic E-state index is 12.5. The molecule has 0 radical (unpaired) electrons. The Labute approximate surface area is 200 Å². The lowest BCUT2D eigenvalue weighted by Gasteiger charge is -2.11. The Bertz CT molecular complexity index is 1410. The van der Waals surface area contributed by atoms with E-state index in [1.54, 1.807) is 12.1 Å². The van der Waals surface area contributed by atoms with E-state index < -0.39 is 21.4 Å². The Morgan fingerprint density at radius 3 is 1.62 bits per heavy atom. The number of hydrogen-bond donors (Lipinski definition) is 0. The molecule has 0 saturated heterocycles. The zero-order chi connectivity index (χ0) is 24.5. The second kappa shape index (κ2) is 9.16. The van der Waals surface area contributed by atoms with Gasteiger partial charge < -0.3 is 4.18 Å². The van der Waals surface area contributed by atoms with Gasteiger partial charge in [-0.1, -0.05) is 90.0 Å². The predicted octanol–water partition coefficient (Wildman–Crippen LogP) is 7.88. The molecule has 0 bridgehead atoms. The van der Waals surface area contributed by atoms with Crippen LogP contribution in [0.1, 0.15) is 5.56 Å². The fraction of sp³-hybridized carbons (Fsp3) is 0.0769. The van der Waals surface area contributed by atoms with E-state index in [4.69, 9.17) is 11.6 Å². The highest BCUT2D eigenvalue weighted by atomic mass is 35.5. The summed E-state index contributed by atoms with van der Waals surface area (Å²) >= 11 is 6.49. The minimum atomic E-state index is -5.72. The lowest BCUT2D eigenvalue weighted by molar-refractivity contribution is -0.0500. The number of aryl methyl sites for hydroxylation is 1. The normalized spacial score (nSPS) is 11.9. The smallest absolute Gasteiger partial charge is 0.376 e. The van der Waals surface area contributed by atoms with E-state index in [0.29, 0.717) is 16.1 Å². The molecule has 4 aromatic rings. The standard InChI is InChI=1S/C26H18ClF3O3S/c1-17-2-4-18(5-3-17)19-6-8-20(9-7-19)22-12-15-24(25(27)16-22)21-10-13-23(14-11-21)33-34(31,32)26(28,29)30/h2-16H,1H3. The van der Waals surface area contributed by atoms with Crippen LogP contribution >= 0.6 is 11.6 Å². The van der Waals surface area contributed by atoms with Crippen molar-refractivity contribution in [2.45, 2.75) is 12.4 Å². The second-order valence-electron chi connectivity index (χ2n) is 7.65. The van der Waals surface area contributed by atoms with E-state index in [2.05, 4.69) is 28.4 Å². The summed E-state index contributed by atoms with van der Waals surface area (Å²) in [6.07, 6.45) is 0. The molecule has 0 aliphatic carbocycles. The average molecular weight is 503 g/mol. The maximum absolute atomic E-state index is 12.5. The van der Waals surface area contributed by atoms with Crippen LogP contribution in [-0.4, -0.2) is 13.9 Å². The topological polar surface area (TPSA) is 43.4 Å². The van der Waals surface area contributed by atoms with Gasteiger partial charge in [0.1, 0.15) is 5.75 Å². The Morgan fingerprint density at radius 1 is 0.676 bits per heavy atom. The highest BCUT2D eigenvalue weighted by Gasteiger charge is 2.48. The number of rotatable bonds is 5. The SMILES string of the molecule is Cc1ccc(-c2ccc(-c3ccc(-c4ccc(OS(=O)(=O)C(F)(F)F)cc4)c(Cl)c3)cc2)cc1. The van der Waals surface area contributed by atoms with Crippen molar-refractivity contribution in [2.24, 2.45) is 0 Å². The largest absolute Gasteiger partial charge is 0.534 e. The van der Waals surface area contributed by atoms with Gasteiger partial charge in [-0.3, -0.25) is 0 Å². The number of benzene rings is 4. The Hall–Kier alpha value is -3.29. The van der Waals surface area contributed by atoms with Gasteiger partial charge in [-0.25, -0.2) is 0 Å². The molecular weight excluding hydrogens is 485 g/mol. The van der Waals surface area contributed by atoms with Crippen LogP contribution < -0.4 is 4.18 Å². The van der Waals surface area contributed by atoms with Gasteiger partial charge in [-0.05, 0) is 52.9 Å². The van der Waals surface area contributed by atoms with Crippen molar-refractivity contribution in [3.05, 3.63) is 102 Å². The van der Waals surface area contributed by atoms with Crippen LogP contribution in [0, 0.1) is 6.92 Å². The monoisotopic (exact) mass is 502 g/mol. The molecular formula is C26H18ClF3O3S. The van der Waals surface area contributed by atoms with Crippen molar-refractivity contribution >= 4 is 21.7 Å². The number of hydrogen-bond acceptors (Lipinski definition) is 3. The summed E-state index contributed by atoms with van der Waals surface area (Å²) in [6.45, 7) is 2.04. The number of halogens is 4. The van der Waals surface area contributed by atoms with Crippen LogP contribution in [0.4, 0.5) is 13.2 Å².